The molecule has 0 aliphatic rings. The van der Waals surface area contributed by atoms with Crippen LogP contribution in [0.5, 0.6) is 11.5 Å². The highest BCUT2D eigenvalue weighted by molar-refractivity contribution is 5.90. The Kier molecular flexibility index (Phi) is 3.89. The molecule has 6 nitrogen and oxygen atoms in total. The van der Waals surface area contributed by atoms with Crippen LogP contribution in [0.1, 0.15) is 21.5 Å². The fourth-order valence-electron chi connectivity index (χ4n) is 1.98. The summed E-state index contributed by atoms with van der Waals surface area (Å²) in [5.41, 5.74) is 0.964. The van der Waals surface area contributed by atoms with E-state index < -0.39 is 10.9 Å². The van der Waals surface area contributed by atoms with Crippen LogP contribution in [0.2, 0.25) is 0 Å². The van der Waals surface area contributed by atoms with Gasteiger partial charge in [0.2, 0.25) is 5.75 Å². The summed E-state index contributed by atoms with van der Waals surface area (Å²) in [4.78, 5) is 21.6. The number of carboxylic acid groups (broad SMARTS) is 1. The lowest BCUT2D eigenvalue weighted by molar-refractivity contribution is -0.385. The number of nitro groups is 1. The van der Waals surface area contributed by atoms with Crippen molar-refractivity contribution in [3.63, 3.8) is 0 Å². The number of aromatic carboxylic acids is 1. The summed E-state index contributed by atoms with van der Waals surface area (Å²) in [6.45, 7) is 3.29. The van der Waals surface area contributed by atoms with Crippen LogP contribution in [0.25, 0.3) is 0 Å². The molecule has 0 aliphatic heterocycles. The van der Waals surface area contributed by atoms with E-state index in [0.29, 0.717) is 11.1 Å². The van der Waals surface area contributed by atoms with Gasteiger partial charge in [-0.1, -0.05) is 18.2 Å². The summed E-state index contributed by atoms with van der Waals surface area (Å²) >= 11 is 0. The van der Waals surface area contributed by atoms with Crippen molar-refractivity contribution in [3.05, 3.63) is 63.2 Å². The van der Waals surface area contributed by atoms with Gasteiger partial charge in [0.15, 0.2) is 0 Å². The Labute approximate surface area is 120 Å². The lowest BCUT2D eigenvalue weighted by atomic mass is 10.1. The van der Waals surface area contributed by atoms with Crippen molar-refractivity contribution in [2.75, 3.05) is 0 Å². The van der Waals surface area contributed by atoms with Gasteiger partial charge < -0.3 is 9.84 Å². The fourth-order valence-corrected chi connectivity index (χ4v) is 1.98. The Morgan fingerprint density at radius 2 is 1.86 bits per heavy atom. The minimum atomic E-state index is -1.07. The number of hydrogen-bond acceptors (Lipinski definition) is 4. The van der Waals surface area contributed by atoms with Gasteiger partial charge in [-0.15, -0.1) is 0 Å². The average Bonchev–Trinajstić information content (AvgIpc) is 2.42. The molecule has 0 aromatic heterocycles. The zero-order valence-corrected chi connectivity index (χ0v) is 11.5. The van der Waals surface area contributed by atoms with E-state index in [1.54, 1.807) is 32.0 Å². The molecule has 0 amide bonds. The zero-order valence-electron chi connectivity index (χ0n) is 11.5. The van der Waals surface area contributed by atoms with E-state index in [4.69, 9.17) is 9.84 Å². The molecule has 0 unspecified atom stereocenters. The van der Waals surface area contributed by atoms with Crippen molar-refractivity contribution in [1.82, 2.24) is 0 Å². The normalized spacial score (nSPS) is 10.2. The fraction of sp³-hybridized carbons (Fsp3) is 0.133. The van der Waals surface area contributed by atoms with Gasteiger partial charge in [-0.25, -0.2) is 4.79 Å². The molecule has 21 heavy (non-hydrogen) atoms. The van der Waals surface area contributed by atoms with Crippen molar-refractivity contribution in [2.45, 2.75) is 13.8 Å². The van der Waals surface area contributed by atoms with E-state index in [9.17, 15) is 14.9 Å². The number of benzene rings is 2. The van der Waals surface area contributed by atoms with Crippen LogP contribution in [-0.2, 0) is 0 Å². The maximum atomic E-state index is 11.1. The molecule has 2 rings (SSSR count). The van der Waals surface area contributed by atoms with Crippen LogP contribution < -0.4 is 4.74 Å². The van der Waals surface area contributed by atoms with Gasteiger partial charge >= 0.3 is 11.7 Å². The predicted octanol–water partition coefficient (Wildman–Crippen LogP) is 3.70. The first-order chi connectivity index (χ1) is 9.91. The molecule has 0 atom stereocenters. The third kappa shape index (κ3) is 2.84. The van der Waals surface area contributed by atoms with Crippen molar-refractivity contribution >= 4 is 11.7 Å². The number of nitrogens with zero attached hydrogens (tertiary/aromatic N) is 1. The second kappa shape index (κ2) is 5.62. The van der Waals surface area contributed by atoms with Gasteiger partial charge in [-0.05, 0) is 31.5 Å². The molecular weight excluding hydrogens is 274 g/mol. The van der Waals surface area contributed by atoms with Crippen LogP contribution in [-0.4, -0.2) is 16.0 Å². The standard InChI is InChI=1S/C15H13NO5/c1-9-5-3-7-12(16(19)20)14(9)21-13-8-4-6-11(10(13)2)15(17)18/h3-8H,1-2H3,(H,17,18). The van der Waals surface area contributed by atoms with E-state index in [1.165, 1.54) is 18.2 Å². The smallest absolute Gasteiger partial charge is 0.336 e. The van der Waals surface area contributed by atoms with Crippen LogP contribution in [0, 0.1) is 24.0 Å². The Morgan fingerprint density at radius 3 is 2.48 bits per heavy atom. The molecule has 0 saturated heterocycles. The van der Waals surface area contributed by atoms with Gasteiger partial charge in [-0.2, -0.15) is 0 Å². The average molecular weight is 287 g/mol. The monoisotopic (exact) mass is 287 g/mol. The third-order valence-corrected chi connectivity index (χ3v) is 3.11. The lowest BCUT2D eigenvalue weighted by Crippen LogP contribution is -2.02. The maximum Gasteiger partial charge on any atom is 0.336 e. The molecular formula is C15H13NO5. The largest absolute Gasteiger partial charge is 0.478 e. The Morgan fingerprint density at radius 1 is 1.19 bits per heavy atom. The molecule has 2 aromatic carbocycles. The first-order valence-corrected chi connectivity index (χ1v) is 6.16. The zero-order chi connectivity index (χ0) is 15.6. The maximum absolute atomic E-state index is 11.1. The van der Waals surface area contributed by atoms with E-state index in [-0.39, 0.29) is 22.7 Å². The van der Waals surface area contributed by atoms with Gasteiger partial charge in [0.1, 0.15) is 5.75 Å². The highest BCUT2D eigenvalue weighted by Crippen LogP contribution is 2.36. The molecule has 0 fully saturated rings. The second-order valence-corrected chi connectivity index (χ2v) is 4.52. The Hall–Kier alpha value is -2.89. The molecule has 2 aromatic rings. The number of aryl methyl sites for hydroxylation is 1. The molecule has 0 saturated carbocycles. The van der Waals surface area contributed by atoms with Crippen LogP contribution in [0.3, 0.4) is 0 Å². The minimum absolute atomic E-state index is 0.101. The molecule has 108 valence electrons. The molecule has 1 N–H and O–H groups in total. The Bertz CT molecular complexity index is 724. The predicted molar refractivity (Wildman–Crippen MR) is 76.0 cm³/mol. The molecule has 0 aliphatic carbocycles. The number of rotatable bonds is 4. The highest BCUT2D eigenvalue weighted by atomic mass is 16.6. The van der Waals surface area contributed by atoms with Gasteiger partial charge in [0.25, 0.3) is 0 Å². The van der Waals surface area contributed by atoms with Crippen LogP contribution in [0.4, 0.5) is 5.69 Å². The molecule has 0 bridgehead atoms. The van der Waals surface area contributed by atoms with Crippen LogP contribution >= 0.6 is 0 Å². The summed E-state index contributed by atoms with van der Waals surface area (Å²) in [6.07, 6.45) is 0. The van der Waals surface area contributed by atoms with Crippen molar-refractivity contribution in [3.8, 4) is 11.5 Å². The van der Waals surface area contributed by atoms with E-state index in [2.05, 4.69) is 0 Å². The summed E-state index contributed by atoms with van der Waals surface area (Å²) in [6, 6.07) is 9.18. The summed E-state index contributed by atoms with van der Waals surface area (Å²) in [5.74, 6) is -0.669. The second-order valence-electron chi connectivity index (χ2n) is 4.52. The molecule has 6 heteroatoms. The van der Waals surface area contributed by atoms with Crippen molar-refractivity contribution in [2.24, 2.45) is 0 Å². The van der Waals surface area contributed by atoms with Crippen molar-refractivity contribution in [1.29, 1.82) is 0 Å². The molecule has 0 heterocycles. The minimum Gasteiger partial charge on any atom is -0.478 e. The number of hydrogen-bond donors (Lipinski definition) is 1. The van der Waals surface area contributed by atoms with E-state index in [1.807, 2.05) is 0 Å². The van der Waals surface area contributed by atoms with Gasteiger partial charge in [0, 0.05) is 11.6 Å². The Balaban J connectivity index is 2.51. The van der Waals surface area contributed by atoms with E-state index >= 15 is 0 Å². The van der Waals surface area contributed by atoms with Crippen molar-refractivity contribution < 1.29 is 19.6 Å². The summed E-state index contributed by atoms with van der Waals surface area (Å²) in [5, 5.41) is 20.1. The van der Waals surface area contributed by atoms with E-state index in [0.717, 1.165) is 0 Å². The topological polar surface area (TPSA) is 89.7 Å². The molecule has 0 radical (unpaired) electrons. The number of carboxylic acids is 1. The third-order valence-electron chi connectivity index (χ3n) is 3.11. The van der Waals surface area contributed by atoms with Gasteiger partial charge in [-0.3, -0.25) is 10.1 Å². The summed E-state index contributed by atoms with van der Waals surface area (Å²) in [7, 11) is 0. The highest BCUT2D eigenvalue weighted by Gasteiger charge is 2.19. The van der Waals surface area contributed by atoms with Crippen LogP contribution in [0.15, 0.2) is 36.4 Å². The van der Waals surface area contributed by atoms with Gasteiger partial charge in [0.05, 0.1) is 10.5 Å². The first kappa shape index (κ1) is 14.5. The SMILES string of the molecule is Cc1cccc([N+](=O)[O-])c1Oc1cccc(C(=O)O)c1C. The number of nitro benzene ring substituents is 1. The first-order valence-electron chi connectivity index (χ1n) is 6.16. The summed E-state index contributed by atoms with van der Waals surface area (Å²) < 4.78 is 5.62. The molecule has 0 spiro atoms. The quantitative estimate of drug-likeness (QED) is 0.684. The number of ether oxygens (including phenoxy) is 1. The lowest BCUT2D eigenvalue weighted by Gasteiger charge is -2.12. The number of para-hydroxylation sites is 1. The number of carbonyl (C=O) groups is 1.